The largest absolute Gasteiger partial charge is 0.462 e. The molecule has 0 aliphatic carbocycles. The summed E-state index contributed by atoms with van der Waals surface area (Å²) in [5.74, 6) is -0.873. The van der Waals surface area contributed by atoms with E-state index in [1.807, 2.05) is 0 Å². The Morgan fingerprint density at radius 2 is 0.493 bits per heavy atom. The molecule has 0 rings (SSSR count). The first-order valence-electron chi connectivity index (χ1n) is 29.8. The van der Waals surface area contributed by atoms with E-state index in [2.05, 4.69) is 45.1 Å². The third-order valence-corrected chi connectivity index (χ3v) is 13.4. The van der Waals surface area contributed by atoms with Gasteiger partial charge in [-0.1, -0.05) is 263 Å². The number of hydrogen-bond donors (Lipinski definition) is 0. The Morgan fingerprint density at radius 1 is 0.284 bits per heavy atom. The maximum Gasteiger partial charge on any atom is 0.306 e. The minimum absolute atomic E-state index is 0.0730. The Morgan fingerprint density at radius 3 is 0.791 bits per heavy atom. The molecule has 0 aromatic carbocycles. The molecule has 0 amide bonds. The molecule has 0 fully saturated rings. The van der Waals surface area contributed by atoms with Crippen LogP contribution in [0.3, 0.4) is 0 Å². The Bertz CT molecular complexity index is 1080. The first-order chi connectivity index (χ1) is 33.0. The predicted molar refractivity (Wildman–Crippen MR) is 289 cm³/mol. The van der Waals surface area contributed by atoms with E-state index in [1.54, 1.807) is 0 Å². The van der Waals surface area contributed by atoms with Gasteiger partial charge in [-0.2, -0.15) is 0 Å². The Balaban J connectivity index is 4.19. The summed E-state index contributed by atoms with van der Waals surface area (Å²) < 4.78 is 16.8. The highest BCUT2D eigenvalue weighted by Gasteiger charge is 2.19. The lowest BCUT2D eigenvalue weighted by molar-refractivity contribution is -0.167. The predicted octanol–water partition coefficient (Wildman–Crippen LogP) is 19.9. The van der Waals surface area contributed by atoms with E-state index in [0.29, 0.717) is 19.3 Å². The highest BCUT2D eigenvalue weighted by Crippen LogP contribution is 2.17. The van der Waals surface area contributed by atoms with Gasteiger partial charge in [0.2, 0.25) is 0 Å². The summed E-state index contributed by atoms with van der Waals surface area (Å²) in [5.41, 5.74) is 0. The molecule has 6 nitrogen and oxygen atoms in total. The standard InChI is InChI=1S/C61H114O6/c1-4-7-10-13-16-19-22-25-26-27-28-29-30-31-32-33-34-35-37-39-42-45-48-51-54-60(63)66-57-58(56-65-59(62)53-50-47-44-41-38-24-21-18-15-12-9-6-3)67-61(64)55-52-49-46-43-40-36-23-20-17-14-11-8-5-2/h18,20-21,23,58H,4-17,19,22,24-57H2,1-3H3/b21-18-,23-20-. The molecular formula is C61H114O6. The van der Waals surface area contributed by atoms with Gasteiger partial charge in [-0.25, -0.2) is 0 Å². The summed E-state index contributed by atoms with van der Waals surface area (Å²) in [5, 5.41) is 0. The maximum atomic E-state index is 12.8. The summed E-state index contributed by atoms with van der Waals surface area (Å²) in [6, 6.07) is 0. The normalized spacial score (nSPS) is 12.1. The molecule has 1 atom stereocenters. The van der Waals surface area contributed by atoms with Crippen molar-refractivity contribution in [3.8, 4) is 0 Å². The number of unbranched alkanes of at least 4 members (excludes halogenated alkanes) is 40. The zero-order valence-electron chi connectivity index (χ0n) is 45.2. The Kier molecular flexibility index (Phi) is 54.7. The van der Waals surface area contributed by atoms with Gasteiger partial charge in [0.05, 0.1) is 0 Å². The van der Waals surface area contributed by atoms with Gasteiger partial charge in [0.25, 0.3) is 0 Å². The van der Waals surface area contributed by atoms with E-state index < -0.39 is 6.10 Å². The number of carbonyl (C=O) groups excluding carboxylic acids is 3. The lowest BCUT2D eigenvalue weighted by Crippen LogP contribution is -2.30. The molecule has 0 aliphatic rings. The lowest BCUT2D eigenvalue weighted by atomic mass is 10.0. The molecule has 0 radical (unpaired) electrons. The molecule has 0 aliphatic heterocycles. The van der Waals surface area contributed by atoms with Crippen LogP contribution in [0.4, 0.5) is 0 Å². The molecule has 67 heavy (non-hydrogen) atoms. The van der Waals surface area contributed by atoms with Crippen LogP contribution < -0.4 is 0 Å². The number of ether oxygens (including phenoxy) is 3. The second-order valence-corrected chi connectivity index (χ2v) is 20.3. The van der Waals surface area contributed by atoms with Crippen LogP contribution >= 0.6 is 0 Å². The van der Waals surface area contributed by atoms with Crippen molar-refractivity contribution in [1.82, 2.24) is 0 Å². The quantitative estimate of drug-likeness (QED) is 0.0262. The number of allylic oxidation sites excluding steroid dienone is 4. The Labute approximate surface area is 417 Å². The molecule has 0 aromatic rings. The van der Waals surface area contributed by atoms with Gasteiger partial charge in [-0.3, -0.25) is 14.4 Å². The van der Waals surface area contributed by atoms with Crippen molar-refractivity contribution in [3.05, 3.63) is 24.3 Å². The van der Waals surface area contributed by atoms with Crippen LogP contribution in [0.15, 0.2) is 24.3 Å². The zero-order chi connectivity index (χ0) is 48.6. The maximum absolute atomic E-state index is 12.8. The number of esters is 3. The fourth-order valence-corrected chi connectivity index (χ4v) is 8.91. The fraction of sp³-hybridized carbons (Fsp3) is 0.885. The van der Waals surface area contributed by atoms with E-state index in [1.165, 1.54) is 218 Å². The third kappa shape index (κ3) is 54.7. The fourth-order valence-electron chi connectivity index (χ4n) is 8.91. The van der Waals surface area contributed by atoms with Gasteiger partial charge < -0.3 is 14.2 Å². The molecule has 0 saturated heterocycles. The topological polar surface area (TPSA) is 78.9 Å². The van der Waals surface area contributed by atoms with E-state index in [0.717, 1.165) is 70.6 Å². The first kappa shape index (κ1) is 64.9. The molecule has 0 spiro atoms. The minimum atomic E-state index is -0.775. The molecule has 0 N–H and O–H groups in total. The van der Waals surface area contributed by atoms with Crippen LogP contribution in [0, 0.1) is 0 Å². The van der Waals surface area contributed by atoms with Gasteiger partial charge in [-0.15, -0.1) is 0 Å². The Hall–Kier alpha value is -2.11. The highest BCUT2D eigenvalue weighted by molar-refractivity contribution is 5.71. The molecule has 1 unspecified atom stereocenters. The monoisotopic (exact) mass is 943 g/mol. The van der Waals surface area contributed by atoms with Crippen molar-refractivity contribution in [1.29, 1.82) is 0 Å². The van der Waals surface area contributed by atoms with Gasteiger partial charge in [-0.05, 0) is 70.6 Å². The summed E-state index contributed by atoms with van der Waals surface area (Å²) in [6.45, 7) is 6.63. The van der Waals surface area contributed by atoms with E-state index in [4.69, 9.17) is 14.2 Å². The summed E-state index contributed by atoms with van der Waals surface area (Å²) in [7, 11) is 0. The number of carbonyl (C=O) groups is 3. The van der Waals surface area contributed by atoms with Gasteiger partial charge in [0, 0.05) is 19.3 Å². The van der Waals surface area contributed by atoms with Crippen molar-refractivity contribution in [2.45, 2.75) is 335 Å². The van der Waals surface area contributed by atoms with E-state index >= 15 is 0 Å². The van der Waals surface area contributed by atoms with Crippen LogP contribution in [0.5, 0.6) is 0 Å². The molecular weight excluding hydrogens is 829 g/mol. The first-order valence-corrected chi connectivity index (χ1v) is 29.8. The van der Waals surface area contributed by atoms with Gasteiger partial charge in [0.1, 0.15) is 13.2 Å². The highest BCUT2D eigenvalue weighted by atomic mass is 16.6. The third-order valence-electron chi connectivity index (χ3n) is 13.4. The summed E-state index contributed by atoms with van der Waals surface area (Å²) in [6.07, 6.45) is 66.1. The van der Waals surface area contributed by atoms with Crippen molar-refractivity contribution in [3.63, 3.8) is 0 Å². The van der Waals surface area contributed by atoms with Crippen molar-refractivity contribution < 1.29 is 28.6 Å². The van der Waals surface area contributed by atoms with Crippen LogP contribution in [0.25, 0.3) is 0 Å². The van der Waals surface area contributed by atoms with Crippen LogP contribution in [-0.4, -0.2) is 37.2 Å². The number of hydrogen-bond acceptors (Lipinski definition) is 6. The molecule has 0 bridgehead atoms. The van der Waals surface area contributed by atoms with Gasteiger partial charge >= 0.3 is 17.9 Å². The van der Waals surface area contributed by atoms with Crippen molar-refractivity contribution in [2.24, 2.45) is 0 Å². The average Bonchev–Trinajstić information content (AvgIpc) is 3.33. The molecule has 0 aromatic heterocycles. The van der Waals surface area contributed by atoms with E-state index in [9.17, 15) is 14.4 Å². The zero-order valence-corrected chi connectivity index (χ0v) is 45.2. The van der Waals surface area contributed by atoms with Crippen LogP contribution in [-0.2, 0) is 28.6 Å². The lowest BCUT2D eigenvalue weighted by Gasteiger charge is -2.18. The van der Waals surface area contributed by atoms with Crippen LogP contribution in [0.2, 0.25) is 0 Å². The smallest absolute Gasteiger partial charge is 0.306 e. The molecule has 6 heteroatoms. The molecule has 0 saturated carbocycles. The second kappa shape index (κ2) is 56.5. The van der Waals surface area contributed by atoms with Gasteiger partial charge in [0.15, 0.2) is 6.10 Å². The molecule has 0 heterocycles. The summed E-state index contributed by atoms with van der Waals surface area (Å²) in [4.78, 5) is 38.1. The summed E-state index contributed by atoms with van der Waals surface area (Å²) >= 11 is 0. The SMILES string of the molecule is CCCCC/C=C\CCCCCCCC(=O)OCC(COC(=O)CCCCCCCCCCCCCCCCCCCCCCCCCC)OC(=O)CCCCCCC/C=C\CCCCCC. The minimum Gasteiger partial charge on any atom is -0.462 e. The van der Waals surface area contributed by atoms with Crippen LogP contribution in [0.1, 0.15) is 329 Å². The van der Waals surface area contributed by atoms with E-state index in [-0.39, 0.29) is 31.1 Å². The number of rotatable bonds is 55. The van der Waals surface area contributed by atoms with Crippen molar-refractivity contribution in [2.75, 3.05) is 13.2 Å². The molecule has 394 valence electrons. The van der Waals surface area contributed by atoms with Crippen molar-refractivity contribution >= 4 is 17.9 Å². The second-order valence-electron chi connectivity index (χ2n) is 20.3. The average molecular weight is 944 g/mol.